The molecule has 1 aliphatic heterocycles. The minimum Gasteiger partial charge on any atom is -0.335 e. The van der Waals surface area contributed by atoms with Crippen molar-refractivity contribution in [1.82, 2.24) is 10.2 Å². The Morgan fingerprint density at radius 3 is 2.59 bits per heavy atom. The first-order valence-electron chi connectivity index (χ1n) is 8.31. The third-order valence-electron chi connectivity index (χ3n) is 4.92. The van der Waals surface area contributed by atoms with E-state index in [9.17, 15) is 4.79 Å². The van der Waals surface area contributed by atoms with Crippen LogP contribution in [0, 0.1) is 11.8 Å². The quantitative estimate of drug-likeness (QED) is 0.902. The summed E-state index contributed by atoms with van der Waals surface area (Å²) in [5, 5.41) is 3.37. The van der Waals surface area contributed by atoms with E-state index in [-0.39, 0.29) is 18.3 Å². The molecule has 3 nitrogen and oxygen atoms in total. The Morgan fingerprint density at radius 1 is 1.27 bits per heavy atom. The van der Waals surface area contributed by atoms with Gasteiger partial charge in [-0.15, -0.1) is 12.4 Å². The van der Waals surface area contributed by atoms with Crippen molar-refractivity contribution >= 4 is 18.3 Å². The third kappa shape index (κ3) is 4.23. The maximum absolute atomic E-state index is 13.0. The van der Waals surface area contributed by atoms with Gasteiger partial charge in [0.05, 0.1) is 5.92 Å². The number of piperidine rings is 1. The molecule has 1 saturated heterocycles. The molecule has 0 bridgehead atoms. The van der Waals surface area contributed by atoms with Crippen LogP contribution in [0.2, 0.25) is 0 Å². The second kappa shape index (κ2) is 7.98. The van der Waals surface area contributed by atoms with Crippen molar-refractivity contribution in [3.8, 4) is 0 Å². The van der Waals surface area contributed by atoms with E-state index in [0.717, 1.165) is 32.5 Å². The molecule has 2 atom stereocenters. The molecule has 2 unspecified atom stereocenters. The zero-order valence-electron chi connectivity index (χ0n) is 13.3. The molecule has 1 aromatic rings. The van der Waals surface area contributed by atoms with Crippen molar-refractivity contribution in [1.29, 1.82) is 0 Å². The summed E-state index contributed by atoms with van der Waals surface area (Å²) in [7, 11) is 0. The van der Waals surface area contributed by atoms with Gasteiger partial charge in [-0.25, -0.2) is 0 Å². The van der Waals surface area contributed by atoms with E-state index >= 15 is 0 Å². The first-order chi connectivity index (χ1) is 10.3. The molecule has 2 aliphatic rings. The number of hydrogen-bond donors (Lipinski definition) is 1. The van der Waals surface area contributed by atoms with E-state index in [1.54, 1.807) is 0 Å². The summed E-state index contributed by atoms with van der Waals surface area (Å²) in [5.74, 6) is 1.24. The van der Waals surface area contributed by atoms with Crippen molar-refractivity contribution in [3.05, 3.63) is 35.9 Å². The van der Waals surface area contributed by atoms with E-state index in [4.69, 9.17) is 0 Å². The topological polar surface area (TPSA) is 32.3 Å². The monoisotopic (exact) mass is 322 g/mol. The largest absolute Gasteiger partial charge is 0.335 e. The Hall–Kier alpha value is -1.06. The van der Waals surface area contributed by atoms with E-state index < -0.39 is 0 Å². The smallest absolute Gasteiger partial charge is 0.227 e. The van der Waals surface area contributed by atoms with Crippen LogP contribution in [-0.4, -0.2) is 29.9 Å². The van der Waals surface area contributed by atoms with E-state index in [1.807, 2.05) is 6.07 Å². The lowest BCUT2D eigenvalue weighted by Gasteiger charge is -2.34. The van der Waals surface area contributed by atoms with Crippen LogP contribution in [0.3, 0.4) is 0 Å². The highest BCUT2D eigenvalue weighted by Crippen LogP contribution is 2.36. The van der Waals surface area contributed by atoms with Crippen LogP contribution in [0.25, 0.3) is 0 Å². The average Bonchev–Trinajstić information content (AvgIpc) is 3.38. The molecule has 3 rings (SSSR count). The van der Waals surface area contributed by atoms with Gasteiger partial charge in [-0.05, 0) is 50.6 Å². The SMILES string of the molecule is CC(C1CC1)N(Cc1ccccc1)C(=O)C1CCCNC1.Cl. The fraction of sp³-hybridized carbons (Fsp3) is 0.611. The van der Waals surface area contributed by atoms with Gasteiger partial charge in [0.25, 0.3) is 0 Å². The predicted octanol–water partition coefficient (Wildman–Crippen LogP) is 3.24. The molecular weight excluding hydrogens is 296 g/mol. The zero-order chi connectivity index (χ0) is 14.7. The van der Waals surface area contributed by atoms with Gasteiger partial charge in [-0.1, -0.05) is 30.3 Å². The molecule has 1 aromatic carbocycles. The second-order valence-corrected chi connectivity index (χ2v) is 6.57. The van der Waals surface area contributed by atoms with Crippen LogP contribution in [-0.2, 0) is 11.3 Å². The van der Waals surface area contributed by atoms with E-state index in [1.165, 1.54) is 18.4 Å². The van der Waals surface area contributed by atoms with Crippen LogP contribution in [0.5, 0.6) is 0 Å². The van der Waals surface area contributed by atoms with Gasteiger partial charge in [-0.2, -0.15) is 0 Å². The van der Waals surface area contributed by atoms with Gasteiger partial charge in [0.15, 0.2) is 0 Å². The number of nitrogens with zero attached hydrogens (tertiary/aromatic N) is 1. The van der Waals surface area contributed by atoms with Gasteiger partial charge in [0.1, 0.15) is 0 Å². The molecule has 1 N–H and O–H groups in total. The molecule has 4 heteroatoms. The lowest BCUT2D eigenvalue weighted by molar-refractivity contribution is -0.139. The number of amides is 1. The van der Waals surface area contributed by atoms with E-state index in [0.29, 0.717) is 17.9 Å². The van der Waals surface area contributed by atoms with Crippen molar-refractivity contribution in [3.63, 3.8) is 0 Å². The van der Waals surface area contributed by atoms with Crippen LogP contribution >= 0.6 is 12.4 Å². The van der Waals surface area contributed by atoms with Crippen LogP contribution in [0.4, 0.5) is 0 Å². The van der Waals surface area contributed by atoms with Gasteiger partial charge >= 0.3 is 0 Å². The van der Waals surface area contributed by atoms with Crippen LogP contribution < -0.4 is 5.32 Å². The molecule has 1 heterocycles. The van der Waals surface area contributed by atoms with Crippen molar-refractivity contribution in [2.75, 3.05) is 13.1 Å². The second-order valence-electron chi connectivity index (χ2n) is 6.57. The van der Waals surface area contributed by atoms with Crippen LogP contribution in [0.15, 0.2) is 30.3 Å². The fourth-order valence-corrected chi connectivity index (χ4v) is 3.33. The number of nitrogens with one attached hydrogen (secondary N) is 1. The maximum atomic E-state index is 13.0. The summed E-state index contributed by atoms with van der Waals surface area (Å²) in [4.78, 5) is 15.1. The minimum absolute atomic E-state index is 0. The molecule has 1 amide bonds. The number of hydrogen-bond acceptors (Lipinski definition) is 2. The predicted molar refractivity (Wildman–Crippen MR) is 92.0 cm³/mol. The van der Waals surface area contributed by atoms with E-state index in [2.05, 4.69) is 41.4 Å². The Morgan fingerprint density at radius 2 is 2.00 bits per heavy atom. The Labute approximate surface area is 139 Å². The summed E-state index contributed by atoms with van der Waals surface area (Å²) < 4.78 is 0. The standard InChI is InChI=1S/C18H26N2O.ClH/c1-14(16-9-10-16)20(13-15-6-3-2-4-7-15)18(21)17-8-5-11-19-12-17;/h2-4,6-7,14,16-17,19H,5,8-13H2,1H3;1H. The minimum atomic E-state index is 0. The highest BCUT2D eigenvalue weighted by molar-refractivity contribution is 5.85. The highest BCUT2D eigenvalue weighted by Gasteiger charge is 2.36. The van der Waals surface area contributed by atoms with Crippen molar-refractivity contribution in [2.45, 2.75) is 45.2 Å². The van der Waals surface area contributed by atoms with Crippen molar-refractivity contribution < 1.29 is 4.79 Å². The molecule has 0 radical (unpaired) electrons. The Bertz CT molecular complexity index is 469. The number of halogens is 1. The molecule has 122 valence electrons. The summed E-state index contributed by atoms with van der Waals surface area (Å²) in [5.41, 5.74) is 1.24. The Kier molecular flexibility index (Phi) is 6.27. The molecule has 22 heavy (non-hydrogen) atoms. The third-order valence-corrected chi connectivity index (χ3v) is 4.92. The number of benzene rings is 1. The molecule has 0 spiro atoms. The molecular formula is C18H27ClN2O. The summed E-state index contributed by atoms with van der Waals surface area (Å²) in [6, 6.07) is 10.8. The van der Waals surface area contributed by atoms with Gasteiger partial charge in [0, 0.05) is 19.1 Å². The van der Waals surface area contributed by atoms with Gasteiger partial charge in [0.2, 0.25) is 5.91 Å². The summed E-state index contributed by atoms with van der Waals surface area (Å²) in [6.07, 6.45) is 4.72. The summed E-state index contributed by atoms with van der Waals surface area (Å²) >= 11 is 0. The van der Waals surface area contributed by atoms with Gasteiger partial charge < -0.3 is 10.2 Å². The molecule has 1 aliphatic carbocycles. The average molecular weight is 323 g/mol. The molecule has 1 saturated carbocycles. The Balaban J connectivity index is 0.00000176. The number of carbonyl (C=O) groups is 1. The van der Waals surface area contributed by atoms with Crippen molar-refractivity contribution in [2.24, 2.45) is 11.8 Å². The highest BCUT2D eigenvalue weighted by atomic mass is 35.5. The lowest BCUT2D eigenvalue weighted by Crippen LogP contribution is -2.46. The summed E-state index contributed by atoms with van der Waals surface area (Å²) in [6.45, 7) is 4.89. The normalized spacial score (nSPS) is 22.5. The lowest BCUT2D eigenvalue weighted by atomic mass is 9.96. The first-order valence-corrected chi connectivity index (χ1v) is 8.31. The zero-order valence-corrected chi connectivity index (χ0v) is 14.1. The van der Waals surface area contributed by atoms with Gasteiger partial charge in [-0.3, -0.25) is 4.79 Å². The molecule has 2 fully saturated rings. The van der Waals surface area contributed by atoms with Crippen LogP contribution in [0.1, 0.15) is 38.2 Å². The maximum Gasteiger partial charge on any atom is 0.227 e. The first kappa shape index (κ1) is 17.3. The number of rotatable bonds is 5. The number of carbonyl (C=O) groups excluding carboxylic acids is 1. The molecule has 0 aromatic heterocycles. The fourth-order valence-electron chi connectivity index (χ4n) is 3.33.